The Morgan fingerprint density at radius 1 is 0.857 bits per heavy atom. The van der Waals surface area contributed by atoms with Crippen molar-refractivity contribution in [3.63, 3.8) is 0 Å². The maximum atomic E-state index is 5.59. The second-order valence-corrected chi connectivity index (χ2v) is 7.02. The summed E-state index contributed by atoms with van der Waals surface area (Å²) in [6.07, 6.45) is 0. The Hall–Kier alpha value is -2.21. The van der Waals surface area contributed by atoms with Crippen LogP contribution < -0.4 is 19.5 Å². The number of alkyl halides is 1. The van der Waals surface area contributed by atoms with Crippen LogP contribution in [0.3, 0.4) is 0 Å². The third-order valence-corrected chi connectivity index (χ3v) is 4.61. The molecular weight excluding hydrogens is 394 g/mol. The molecule has 0 saturated carbocycles. The van der Waals surface area contributed by atoms with Gasteiger partial charge in [-0.05, 0) is 30.3 Å². The molecule has 0 radical (unpaired) electrons. The monoisotopic (exact) mass is 419 g/mol. The summed E-state index contributed by atoms with van der Waals surface area (Å²) in [5.74, 6) is 3.26. The summed E-state index contributed by atoms with van der Waals surface area (Å²) in [6.45, 7) is 2.93. The molecule has 0 unspecified atom stereocenters. The van der Waals surface area contributed by atoms with E-state index in [1.54, 1.807) is 18.4 Å². The quantitative estimate of drug-likeness (QED) is 0.361. The molecule has 3 aromatic rings. The van der Waals surface area contributed by atoms with Crippen LogP contribution in [0.15, 0.2) is 72.1 Å². The van der Waals surface area contributed by atoms with Crippen LogP contribution >= 0.6 is 22.9 Å². The lowest BCUT2D eigenvalue weighted by Gasteiger charge is -2.06. The summed E-state index contributed by atoms with van der Waals surface area (Å²) in [5.41, 5.74) is 0. The maximum Gasteiger partial charge on any atom is 0.129 e. The first kappa shape index (κ1) is 22.1. The number of nitrogens with one attached hydrogen (secondary N) is 1. The highest BCUT2D eigenvalue weighted by Gasteiger charge is 1.99. The molecule has 28 heavy (non-hydrogen) atoms. The molecule has 0 aliphatic rings. The van der Waals surface area contributed by atoms with E-state index < -0.39 is 0 Å². The Balaban J connectivity index is 0.000000237. The Morgan fingerprint density at radius 2 is 1.46 bits per heavy atom. The average molecular weight is 420 g/mol. The maximum absolute atomic E-state index is 5.59. The molecule has 0 spiro atoms. The van der Waals surface area contributed by atoms with Crippen LogP contribution in [0, 0.1) is 0 Å². The van der Waals surface area contributed by atoms with Gasteiger partial charge in [0, 0.05) is 23.3 Å². The zero-order valence-electron chi connectivity index (χ0n) is 16.0. The number of ether oxygens (including phenoxy) is 3. The smallest absolute Gasteiger partial charge is 0.129 e. The lowest BCUT2D eigenvalue weighted by Crippen LogP contribution is -2.20. The van der Waals surface area contributed by atoms with Gasteiger partial charge in [-0.2, -0.15) is 0 Å². The van der Waals surface area contributed by atoms with E-state index >= 15 is 0 Å². The Kier molecular flexibility index (Phi) is 10.9. The predicted octanol–water partition coefficient (Wildman–Crippen LogP) is 5.23. The van der Waals surface area contributed by atoms with Crippen molar-refractivity contribution in [3.05, 3.63) is 77.0 Å². The van der Waals surface area contributed by atoms with Crippen molar-refractivity contribution >= 4 is 22.9 Å². The van der Waals surface area contributed by atoms with E-state index in [9.17, 15) is 0 Å². The lowest BCUT2D eigenvalue weighted by molar-refractivity contribution is 0.314. The van der Waals surface area contributed by atoms with Gasteiger partial charge in [0.05, 0.1) is 13.0 Å². The molecule has 4 nitrogen and oxygen atoms in total. The standard InChI is InChI=1S/C14H17NO2S.C8H9ClO/c1-16-13-9-14(18-11-13)10-15-7-8-17-12-5-3-2-4-6-12;9-6-7-10-8-4-2-1-3-5-8/h2-6,9,11,15H,7-8,10H2,1H3;1-5H,6-7H2. The predicted molar refractivity (Wildman–Crippen MR) is 117 cm³/mol. The van der Waals surface area contributed by atoms with E-state index in [4.69, 9.17) is 25.8 Å². The van der Waals surface area contributed by atoms with Gasteiger partial charge in [-0.3, -0.25) is 0 Å². The van der Waals surface area contributed by atoms with Gasteiger partial charge in [0.15, 0.2) is 0 Å². The van der Waals surface area contributed by atoms with Gasteiger partial charge in [0.2, 0.25) is 0 Å². The zero-order chi connectivity index (χ0) is 19.9. The van der Waals surface area contributed by atoms with Crippen LogP contribution in [0.25, 0.3) is 0 Å². The van der Waals surface area contributed by atoms with Crippen LogP contribution in [0.5, 0.6) is 17.2 Å². The van der Waals surface area contributed by atoms with Gasteiger partial charge in [0.1, 0.15) is 30.5 Å². The third-order valence-electron chi connectivity index (χ3n) is 3.54. The van der Waals surface area contributed by atoms with E-state index in [0.29, 0.717) is 19.1 Å². The Morgan fingerprint density at radius 3 is 2.00 bits per heavy atom. The van der Waals surface area contributed by atoms with Crippen LogP contribution in [0.1, 0.15) is 4.88 Å². The van der Waals surface area contributed by atoms with E-state index in [0.717, 1.165) is 30.3 Å². The minimum atomic E-state index is 0.537. The van der Waals surface area contributed by atoms with Crippen molar-refractivity contribution < 1.29 is 14.2 Å². The molecule has 150 valence electrons. The third kappa shape index (κ3) is 9.13. The molecule has 0 amide bonds. The number of hydrogen-bond acceptors (Lipinski definition) is 5. The highest BCUT2D eigenvalue weighted by molar-refractivity contribution is 7.10. The van der Waals surface area contributed by atoms with E-state index in [-0.39, 0.29) is 0 Å². The van der Waals surface area contributed by atoms with Crippen molar-refractivity contribution in [2.45, 2.75) is 6.54 Å². The van der Waals surface area contributed by atoms with E-state index in [1.165, 1.54) is 4.88 Å². The second kappa shape index (κ2) is 13.9. The second-order valence-electron chi connectivity index (χ2n) is 5.64. The SMILES string of the molecule is COc1csc(CNCCOc2ccccc2)c1.ClCCOc1ccccc1. The summed E-state index contributed by atoms with van der Waals surface area (Å²) in [6, 6.07) is 21.5. The Labute approximate surface area is 176 Å². The molecule has 1 aromatic heterocycles. The van der Waals surface area contributed by atoms with Crippen molar-refractivity contribution in [2.24, 2.45) is 0 Å². The largest absolute Gasteiger partial charge is 0.496 e. The van der Waals surface area contributed by atoms with Crippen LogP contribution in [-0.2, 0) is 6.54 Å². The van der Waals surface area contributed by atoms with Gasteiger partial charge < -0.3 is 19.5 Å². The first-order valence-corrected chi connectivity index (χ1v) is 10.5. The van der Waals surface area contributed by atoms with E-state index in [2.05, 4.69) is 11.4 Å². The molecular formula is C22H26ClNO3S. The van der Waals surface area contributed by atoms with Gasteiger partial charge in [-0.1, -0.05) is 36.4 Å². The van der Waals surface area contributed by atoms with Crippen molar-refractivity contribution in [3.8, 4) is 17.2 Å². The van der Waals surface area contributed by atoms with E-state index in [1.807, 2.05) is 66.0 Å². The lowest BCUT2D eigenvalue weighted by atomic mass is 10.3. The van der Waals surface area contributed by atoms with Crippen LogP contribution in [-0.4, -0.2) is 32.7 Å². The number of methoxy groups -OCH3 is 1. The summed E-state index contributed by atoms with van der Waals surface area (Å²) in [7, 11) is 1.69. The topological polar surface area (TPSA) is 39.7 Å². The minimum absolute atomic E-state index is 0.537. The zero-order valence-corrected chi connectivity index (χ0v) is 17.5. The number of halogens is 1. The average Bonchev–Trinajstić information content (AvgIpc) is 3.22. The summed E-state index contributed by atoms with van der Waals surface area (Å²) in [5, 5.41) is 5.35. The molecule has 0 aliphatic carbocycles. The first-order chi connectivity index (χ1) is 13.8. The number of hydrogen-bond donors (Lipinski definition) is 1. The summed E-state index contributed by atoms with van der Waals surface area (Å²) >= 11 is 7.13. The van der Waals surface area contributed by atoms with Crippen LogP contribution in [0.4, 0.5) is 0 Å². The molecule has 0 atom stereocenters. The minimum Gasteiger partial charge on any atom is -0.496 e. The fraction of sp³-hybridized carbons (Fsp3) is 0.273. The molecule has 3 rings (SSSR count). The van der Waals surface area contributed by atoms with Crippen molar-refractivity contribution in [1.82, 2.24) is 5.32 Å². The fourth-order valence-electron chi connectivity index (χ4n) is 2.20. The summed E-state index contributed by atoms with van der Waals surface area (Å²) < 4.78 is 15.9. The molecule has 6 heteroatoms. The molecule has 0 saturated heterocycles. The molecule has 1 N–H and O–H groups in total. The normalized spacial score (nSPS) is 9.93. The number of rotatable bonds is 10. The molecule has 0 bridgehead atoms. The van der Waals surface area contributed by atoms with Gasteiger partial charge in [0.25, 0.3) is 0 Å². The molecule has 0 aliphatic heterocycles. The van der Waals surface area contributed by atoms with Gasteiger partial charge >= 0.3 is 0 Å². The van der Waals surface area contributed by atoms with Gasteiger partial charge in [-0.15, -0.1) is 22.9 Å². The fourth-order valence-corrected chi connectivity index (χ4v) is 3.08. The molecule has 1 heterocycles. The van der Waals surface area contributed by atoms with Crippen LogP contribution in [0.2, 0.25) is 0 Å². The first-order valence-electron chi connectivity index (χ1n) is 9.05. The highest BCUT2D eigenvalue weighted by atomic mass is 35.5. The molecule has 2 aromatic carbocycles. The summed E-state index contributed by atoms with van der Waals surface area (Å²) in [4.78, 5) is 1.27. The number of para-hydroxylation sites is 2. The molecule has 0 fully saturated rings. The number of benzene rings is 2. The van der Waals surface area contributed by atoms with Crippen molar-refractivity contribution in [1.29, 1.82) is 0 Å². The highest BCUT2D eigenvalue weighted by Crippen LogP contribution is 2.20. The number of thiophene rings is 1. The van der Waals surface area contributed by atoms with Crippen molar-refractivity contribution in [2.75, 3.05) is 32.7 Å². The van der Waals surface area contributed by atoms with Gasteiger partial charge in [-0.25, -0.2) is 0 Å². The Bertz CT molecular complexity index is 753.